The molecule has 0 spiro atoms. The van der Waals surface area contributed by atoms with Crippen molar-refractivity contribution in [1.82, 2.24) is 24.7 Å². The predicted octanol–water partition coefficient (Wildman–Crippen LogP) is 4.21. The van der Waals surface area contributed by atoms with Crippen LogP contribution in [0.4, 0.5) is 13.2 Å². The van der Waals surface area contributed by atoms with E-state index in [1.165, 1.54) is 11.9 Å². The lowest BCUT2D eigenvalue weighted by Gasteiger charge is -2.43. The van der Waals surface area contributed by atoms with Crippen LogP contribution in [0.5, 0.6) is 0 Å². The summed E-state index contributed by atoms with van der Waals surface area (Å²) in [7, 11) is 0. The summed E-state index contributed by atoms with van der Waals surface area (Å²) < 4.78 is 31.2. The van der Waals surface area contributed by atoms with E-state index in [9.17, 15) is 22.8 Å². The summed E-state index contributed by atoms with van der Waals surface area (Å²) in [5, 5.41) is 0. The molecule has 8 nitrogen and oxygen atoms in total. The molecule has 2 unspecified atom stereocenters. The normalized spacial score (nSPS) is 23.4. The van der Waals surface area contributed by atoms with E-state index in [0.29, 0.717) is 29.2 Å². The van der Waals surface area contributed by atoms with E-state index in [-0.39, 0.29) is 11.3 Å². The molecule has 4 fully saturated rings. The highest BCUT2D eigenvalue weighted by Crippen LogP contribution is 2.41. The van der Waals surface area contributed by atoms with Gasteiger partial charge in [-0.3, -0.25) is 14.4 Å². The van der Waals surface area contributed by atoms with E-state index in [0.717, 1.165) is 89.3 Å². The maximum atomic E-state index is 13.3. The number of aromatic nitrogens is 2. The van der Waals surface area contributed by atoms with Crippen molar-refractivity contribution in [3.05, 3.63) is 59.2 Å². The van der Waals surface area contributed by atoms with Gasteiger partial charge in [0.2, 0.25) is 12.2 Å². The van der Waals surface area contributed by atoms with Crippen LogP contribution in [0.15, 0.2) is 36.7 Å². The molecular formula is C32H40F3N5O3. The van der Waals surface area contributed by atoms with Crippen LogP contribution in [-0.4, -0.2) is 94.8 Å². The molecule has 0 N–H and O–H groups in total. The summed E-state index contributed by atoms with van der Waals surface area (Å²) in [4.78, 5) is 49.9. The zero-order chi connectivity index (χ0) is 30.8. The molecule has 43 heavy (non-hydrogen) atoms. The van der Waals surface area contributed by atoms with Crippen LogP contribution in [0.3, 0.4) is 0 Å². The van der Waals surface area contributed by atoms with E-state index in [2.05, 4.69) is 50.1 Å². The maximum Gasteiger partial charge on any atom is 0.446 e. The first-order valence-electron chi connectivity index (χ1n) is 15.2. The van der Waals surface area contributed by atoms with Crippen LogP contribution in [-0.2, 0) is 15.0 Å². The van der Waals surface area contributed by atoms with Gasteiger partial charge in [-0.15, -0.1) is 0 Å². The van der Waals surface area contributed by atoms with Crippen molar-refractivity contribution in [1.29, 1.82) is 0 Å². The first-order valence-corrected chi connectivity index (χ1v) is 15.2. The summed E-state index contributed by atoms with van der Waals surface area (Å²) in [6, 6.07) is 11.0. The topological polar surface area (TPSA) is 86.7 Å². The molecule has 0 radical (unpaired) electrons. The molecule has 1 aromatic heterocycles. The number of amides is 2. The van der Waals surface area contributed by atoms with Crippen molar-refractivity contribution in [3.8, 4) is 0 Å². The summed E-state index contributed by atoms with van der Waals surface area (Å²) in [6.45, 7) is 10.4. The molecule has 1 aliphatic carbocycles. The van der Waals surface area contributed by atoms with Crippen LogP contribution in [0, 0.1) is 31.6 Å². The second kappa shape index (κ2) is 12.7. The highest BCUT2D eigenvalue weighted by atomic mass is 19.4. The molecule has 0 bridgehead atoms. The Morgan fingerprint density at radius 2 is 1.49 bits per heavy atom. The molecule has 2 atom stereocenters. The van der Waals surface area contributed by atoms with Crippen LogP contribution < -0.4 is 0 Å². The number of hydrogen-bond acceptors (Lipinski definition) is 6. The van der Waals surface area contributed by atoms with Gasteiger partial charge in [-0.1, -0.05) is 30.3 Å². The summed E-state index contributed by atoms with van der Waals surface area (Å²) in [5.41, 5.74) is 3.79. The number of carbonyl (C=O) groups excluding carboxylic acids is 3. The number of carbonyl (C=O) groups is 3. The largest absolute Gasteiger partial charge is 0.446 e. The molecule has 2 amide bonds. The van der Waals surface area contributed by atoms with Gasteiger partial charge in [-0.05, 0) is 75.3 Å². The Kier molecular flexibility index (Phi) is 9.20. The molecular weight excluding hydrogens is 559 g/mol. The Labute approximate surface area is 250 Å². The van der Waals surface area contributed by atoms with Crippen molar-refractivity contribution in [2.45, 2.75) is 57.5 Å². The van der Waals surface area contributed by atoms with Gasteiger partial charge >= 0.3 is 6.18 Å². The van der Waals surface area contributed by atoms with Gasteiger partial charge in [-0.2, -0.15) is 13.2 Å². The van der Waals surface area contributed by atoms with Gasteiger partial charge in [-0.25, -0.2) is 9.97 Å². The lowest BCUT2D eigenvalue weighted by Crippen LogP contribution is -2.47. The third-order valence-electron chi connectivity index (χ3n) is 9.67. The maximum absolute atomic E-state index is 13.3. The number of fused-ring (bicyclic) bond motifs is 1. The van der Waals surface area contributed by atoms with Crippen molar-refractivity contribution >= 4 is 18.1 Å². The molecule has 11 heteroatoms. The number of benzene rings is 1. The Morgan fingerprint density at radius 3 is 2.00 bits per heavy atom. The number of likely N-dealkylation sites (tertiary alicyclic amines) is 3. The van der Waals surface area contributed by atoms with Crippen molar-refractivity contribution in [3.63, 3.8) is 0 Å². The molecule has 4 heterocycles. The van der Waals surface area contributed by atoms with E-state index in [1.54, 1.807) is 0 Å². The van der Waals surface area contributed by atoms with Crippen LogP contribution in [0.25, 0.3) is 0 Å². The van der Waals surface area contributed by atoms with E-state index in [1.807, 2.05) is 18.7 Å². The number of piperidine rings is 1. The summed E-state index contributed by atoms with van der Waals surface area (Å²) in [6.07, 6.45) is 1.23. The molecule has 4 aliphatic rings. The van der Waals surface area contributed by atoms with Gasteiger partial charge in [0, 0.05) is 45.2 Å². The SMILES string of the molecule is Cc1ncnc(C)c1C(=O)N1CC2CN(CCC3(c4ccccc4)CCN(C(=O)C4CC4)CC3)CC2C1.O=CC(F)(F)F. The average molecular weight is 600 g/mol. The number of aldehydes is 1. The minimum absolute atomic E-state index is 0.0899. The standard InChI is InChI=1S/C30H39N5O2.C2HF3O/c1-21-27(22(2)32-20-31-21)29(37)35-18-24-16-33(17-25(24)19-35)13-10-30(26-6-4-3-5-7-26)11-14-34(15-12-30)28(36)23-8-9-23;3-2(4,5)1-6/h3-7,20,23-25H,8-19H2,1-2H3;1H. The minimum atomic E-state index is -4.64. The molecule has 3 saturated heterocycles. The molecule has 6 rings (SSSR count). The number of halogens is 3. The number of alkyl halides is 3. The van der Waals surface area contributed by atoms with Gasteiger partial charge in [0.05, 0.1) is 17.0 Å². The Morgan fingerprint density at radius 1 is 0.930 bits per heavy atom. The van der Waals surface area contributed by atoms with Crippen molar-refractivity contribution in [2.75, 3.05) is 45.8 Å². The highest BCUT2D eigenvalue weighted by Gasteiger charge is 2.44. The fraction of sp³-hybridized carbons (Fsp3) is 0.594. The summed E-state index contributed by atoms with van der Waals surface area (Å²) >= 11 is 0. The Balaban J connectivity index is 0.000000559. The zero-order valence-electron chi connectivity index (χ0n) is 24.9. The monoisotopic (exact) mass is 599 g/mol. The Bertz CT molecular complexity index is 1270. The van der Waals surface area contributed by atoms with Gasteiger partial charge < -0.3 is 14.7 Å². The second-order valence-corrected chi connectivity index (χ2v) is 12.6. The lowest BCUT2D eigenvalue weighted by molar-refractivity contribution is -0.156. The molecule has 1 aromatic carbocycles. The fourth-order valence-corrected chi connectivity index (χ4v) is 7.09. The fourth-order valence-electron chi connectivity index (χ4n) is 7.09. The molecule has 232 valence electrons. The number of rotatable bonds is 6. The number of hydrogen-bond donors (Lipinski definition) is 0. The van der Waals surface area contributed by atoms with E-state index < -0.39 is 12.5 Å². The highest BCUT2D eigenvalue weighted by molar-refractivity contribution is 5.96. The third kappa shape index (κ3) is 7.25. The lowest BCUT2D eigenvalue weighted by atomic mass is 9.70. The number of aryl methyl sites for hydroxylation is 2. The summed E-state index contributed by atoms with van der Waals surface area (Å²) in [5.74, 6) is 1.87. The van der Waals surface area contributed by atoms with Gasteiger partial charge in [0.1, 0.15) is 6.33 Å². The number of nitrogens with zero attached hydrogens (tertiary/aromatic N) is 5. The quantitative estimate of drug-likeness (QED) is 0.463. The van der Waals surface area contributed by atoms with E-state index >= 15 is 0 Å². The second-order valence-electron chi connectivity index (χ2n) is 12.6. The van der Waals surface area contributed by atoms with Crippen LogP contribution >= 0.6 is 0 Å². The van der Waals surface area contributed by atoms with Crippen molar-refractivity contribution in [2.24, 2.45) is 17.8 Å². The molecule has 3 aliphatic heterocycles. The van der Waals surface area contributed by atoms with Crippen LogP contribution in [0.2, 0.25) is 0 Å². The smallest absolute Gasteiger partial charge is 0.342 e. The minimum Gasteiger partial charge on any atom is -0.342 e. The average Bonchev–Trinajstić information content (AvgIpc) is 3.66. The van der Waals surface area contributed by atoms with Crippen molar-refractivity contribution < 1.29 is 27.6 Å². The van der Waals surface area contributed by atoms with E-state index in [4.69, 9.17) is 4.79 Å². The molecule has 2 aromatic rings. The Hall–Kier alpha value is -3.34. The van der Waals surface area contributed by atoms with Crippen LogP contribution in [0.1, 0.15) is 59.4 Å². The first-order chi connectivity index (χ1) is 20.5. The third-order valence-corrected chi connectivity index (χ3v) is 9.67. The van der Waals surface area contributed by atoms with Gasteiger partial charge in [0.15, 0.2) is 0 Å². The zero-order valence-corrected chi connectivity index (χ0v) is 24.9. The first kappa shape index (κ1) is 31.1. The molecule has 1 saturated carbocycles. The van der Waals surface area contributed by atoms with Gasteiger partial charge in [0.25, 0.3) is 5.91 Å². The predicted molar refractivity (Wildman–Crippen MR) is 154 cm³/mol.